The van der Waals surface area contributed by atoms with Gasteiger partial charge in [0.25, 0.3) is 5.91 Å². The third kappa shape index (κ3) is 6.57. The van der Waals surface area contributed by atoms with Crippen LogP contribution in [0.25, 0.3) is 11.0 Å². The molecule has 15 heteroatoms. The molecule has 2 fully saturated rings. The van der Waals surface area contributed by atoms with Crippen molar-refractivity contribution in [3.05, 3.63) is 82.9 Å². The van der Waals surface area contributed by atoms with Crippen LogP contribution in [0.15, 0.2) is 77.3 Å². The lowest BCUT2D eigenvalue weighted by Crippen LogP contribution is -2.59. The number of allylic oxidation sites excluding steroid dienone is 1. The molecule has 8 atom stereocenters. The number of cyclic esters (lactones) is 1. The molecule has 0 radical (unpaired) electrons. The minimum Gasteiger partial charge on any atom is -0.455 e. The fourth-order valence-corrected chi connectivity index (χ4v) is 8.92. The van der Waals surface area contributed by atoms with Crippen molar-refractivity contribution in [3.63, 3.8) is 0 Å². The number of halogens is 1. The summed E-state index contributed by atoms with van der Waals surface area (Å²) in [7, 11) is 1.50. The van der Waals surface area contributed by atoms with Gasteiger partial charge in [0.1, 0.15) is 42.0 Å². The molecule has 2 N–H and O–H groups in total. The second-order valence-corrected chi connectivity index (χ2v) is 15.2. The molecule has 1 aromatic heterocycles. The van der Waals surface area contributed by atoms with Crippen molar-refractivity contribution < 1.29 is 38.5 Å². The molecule has 0 unspecified atom stereocenters. The van der Waals surface area contributed by atoms with Gasteiger partial charge in [-0.15, -0.1) is 5.10 Å². The van der Waals surface area contributed by atoms with E-state index in [4.69, 9.17) is 14.2 Å². The summed E-state index contributed by atoms with van der Waals surface area (Å²) in [5.74, 6) is -4.49. The highest BCUT2D eigenvalue weighted by Crippen LogP contribution is 2.59. The molecule has 5 heterocycles. The number of benzene rings is 2. The number of esters is 1. The van der Waals surface area contributed by atoms with Crippen LogP contribution in [-0.2, 0) is 40.1 Å². The van der Waals surface area contributed by atoms with Gasteiger partial charge >= 0.3 is 5.97 Å². The number of nitrogens with zero attached hydrogens (tertiary/aromatic N) is 5. The van der Waals surface area contributed by atoms with Gasteiger partial charge in [-0.3, -0.25) is 19.2 Å². The Balaban J connectivity index is 1.35. The molecule has 4 aliphatic rings. The molecule has 2 saturated heterocycles. The summed E-state index contributed by atoms with van der Waals surface area (Å²) in [6.07, 6.45) is 3.96. The Morgan fingerprint density at radius 2 is 1.79 bits per heavy atom. The molecular weight excluding hydrogens is 748 g/mol. The molecule has 5 bridgehead atoms. The largest absolute Gasteiger partial charge is 0.455 e. The number of fused-ring (bicyclic) bond motifs is 3. The summed E-state index contributed by atoms with van der Waals surface area (Å²) in [6.45, 7) is 3.44. The average molecular weight is 792 g/mol. The van der Waals surface area contributed by atoms with Gasteiger partial charge in [-0.25, -0.2) is 4.68 Å². The SMILES string of the molecule is COC[C@H]1NC(=O)CC/C=C\CN(Cn2nnc3ccccc32)C(=O)[C@@H]2N([C@@H](CO)C(C)C)C(=O)[C@H]3[C@H](C(=O)O[C@@H]1c1ccccc1)[C@H]1O[C@@]23C=C1Br. The number of ether oxygens (including phenoxy) is 3. The molecule has 1 spiro atoms. The molecule has 3 aromatic rings. The Hall–Kier alpha value is -4.44. The monoisotopic (exact) mass is 790 g/mol. The van der Waals surface area contributed by atoms with E-state index in [-0.39, 0.29) is 38.1 Å². The number of aromatic nitrogens is 3. The van der Waals surface area contributed by atoms with Gasteiger partial charge in [0, 0.05) is 24.6 Å². The molecule has 0 aliphatic carbocycles. The van der Waals surface area contributed by atoms with Gasteiger partial charge in [0.15, 0.2) is 0 Å². The molecule has 280 valence electrons. The fraction of sp³-hybridized carbons (Fsp3) is 0.474. The summed E-state index contributed by atoms with van der Waals surface area (Å²) >= 11 is 3.61. The average Bonchev–Trinajstić information content (AvgIpc) is 3.87. The predicted molar refractivity (Wildman–Crippen MR) is 195 cm³/mol. The van der Waals surface area contributed by atoms with E-state index in [1.807, 2.05) is 50.3 Å². The van der Waals surface area contributed by atoms with Crippen molar-refractivity contribution >= 4 is 50.7 Å². The van der Waals surface area contributed by atoms with E-state index in [2.05, 4.69) is 31.6 Å². The maximum atomic E-state index is 15.2. The second kappa shape index (κ2) is 15.1. The van der Waals surface area contributed by atoms with Gasteiger partial charge < -0.3 is 34.4 Å². The predicted octanol–water partition coefficient (Wildman–Crippen LogP) is 2.87. The lowest BCUT2D eigenvalue weighted by atomic mass is 9.74. The molecule has 3 amide bonds. The number of carbonyl (C=O) groups excluding carboxylic acids is 4. The third-order valence-corrected chi connectivity index (χ3v) is 11.4. The number of para-hydroxylation sites is 1. The molecule has 7 rings (SSSR count). The minimum absolute atomic E-state index is 0.0217. The topological polar surface area (TPSA) is 165 Å². The maximum Gasteiger partial charge on any atom is 0.313 e. The standard InChI is InChI=1S/C38H43BrN6O8/c1-22(2)28(19-46)45-34-36(49)43(21-44-27-15-10-9-14-25(27)41-42-44)17-11-5-8-16-29(47)40-26(20-51-3)32(23-12-6-4-7-13-23)52-37(50)30-31(35(45)48)38(34)18-24(39)33(30)53-38/h4-7,9-15,18,22,26,28,30-34,46H,8,16-17,19-21H2,1-3H3,(H,40,47)/b11-5-/t26-,28+,30+,31-,32-,33+,34+,38-/m1/s1. The maximum absolute atomic E-state index is 15.2. The lowest BCUT2D eigenvalue weighted by Gasteiger charge is -2.39. The Labute approximate surface area is 315 Å². The van der Waals surface area contributed by atoms with Crippen LogP contribution in [-0.4, -0.2) is 110 Å². The first-order valence-electron chi connectivity index (χ1n) is 17.8. The number of amides is 3. The number of nitrogens with one attached hydrogen (secondary N) is 1. The first-order valence-corrected chi connectivity index (χ1v) is 18.6. The number of rotatable bonds is 8. The zero-order valence-corrected chi connectivity index (χ0v) is 31.3. The van der Waals surface area contributed by atoms with E-state index in [0.29, 0.717) is 27.5 Å². The first-order chi connectivity index (χ1) is 25.6. The van der Waals surface area contributed by atoms with Crippen molar-refractivity contribution in [2.24, 2.45) is 17.8 Å². The number of aliphatic hydroxyl groups is 1. The van der Waals surface area contributed by atoms with E-state index >= 15 is 4.79 Å². The summed E-state index contributed by atoms with van der Waals surface area (Å²) in [5.41, 5.74) is 0.414. The number of carbonyl (C=O) groups is 4. The lowest BCUT2D eigenvalue weighted by molar-refractivity contribution is -0.163. The third-order valence-electron chi connectivity index (χ3n) is 10.7. The fourth-order valence-electron chi connectivity index (χ4n) is 8.18. The molecule has 0 saturated carbocycles. The zero-order chi connectivity index (χ0) is 37.4. The van der Waals surface area contributed by atoms with Crippen LogP contribution in [0, 0.1) is 17.8 Å². The molecule has 2 aromatic carbocycles. The number of hydrogen-bond acceptors (Lipinski definition) is 10. The highest BCUT2D eigenvalue weighted by atomic mass is 79.9. The van der Waals surface area contributed by atoms with Crippen molar-refractivity contribution in [2.45, 2.75) is 69.3 Å². The van der Waals surface area contributed by atoms with Gasteiger partial charge in [0.05, 0.1) is 36.7 Å². The van der Waals surface area contributed by atoms with E-state index in [1.54, 1.807) is 46.0 Å². The van der Waals surface area contributed by atoms with Gasteiger partial charge in [0.2, 0.25) is 11.8 Å². The number of likely N-dealkylation sites (tertiary alicyclic amines) is 1. The number of methoxy groups -OCH3 is 1. The molecule has 14 nitrogen and oxygen atoms in total. The summed E-state index contributed by atoms with van der Waals surface area (Å²) < 4.78 is 20.6. The van der Waals surface area contributed by atoms with Crippen LogP contribution in [0.2, 0.25) is 0 Å². The van der Waals surface area contributed by atoms with Crippen molar-refractivity contribution in [1.29, 1.82) is 0 Å². The quantitative estimate of drug-likeness (QED) is 0.256. The van der Waals surface area contributed by atoms with E-state index < -0.39 is 72.2 Å². The van der Waals surface area contributed by atoms with Gasteiger partial charge in [-0.2, -0.15) is 0 Å². The van der Waals surface area contributed by atoms with Crippen LogP contribution in [0.3, 0.4) is 0 Å². The molecular formula is C38H43BrN6O8. The van der Waals surface area contributed by atoms with E-state index in [1.165, 1.54) is 12.0 Å². The summed E-state index contributed by atoms with van der Waals surface area (Å²) in [4.78, 5) is 61.0. The smallest absolute Gasteiger partial charge is 0.313 e. The highest BCUT2D eigenvalue weighted by molar-refractivity contribution is 9.11. The first kappa shape index (κ1) is 36.9. The second-order valence-electron chi connectivity index (χ2n) is 14.3. The summed E-state index contributed by atoms with van der Waals surface area (Å²) in [6, 6.07) is 13.6. The van der Waals surface area contributed by atoms with Crippen LogP contribution in [0.1, 0.15) is 38.4 Å². The van der Waals surface area contributed by atoms with E-state index in [9.17, 15) is 19.5 Å². The number of hydrogen-bond donors (Lipinski definition) is 2. The van der Waals surface area contributed by atoms with Crippen molar-refractivity contribution in [2.75, 3.05) is 26.9 Å². The zero-order valence-electron chi connectivity index (χ0n) is 29.7. The van der Waals surface area contributed by atoms with Crippen molar-refractivity contribution in [3.8, 4) is 0 Å². The Bertz CT molecular complexity index is 1940. The summed E-state index contributed by atoms with van der Waals surface area (Å²) in [5, 5.41) is 22.3. The minimum atomic E-state index is -1.56. The van der Waals surface area contributed by atoms with Gasteiger partial charge in [-0.05, 0) is 36.1 Å². The van der Waals surface area contributed by atoms with Gasteiger partial charge in [-0.1, -0.05) is 89.6 Å². The highest BCUT2D eigenvalue weighted by Gasteiger charge is 2.75. The Morgan fingerprint density at radius 1 is 1.04 bits per heavy atom. The Morgan fingerprint density at radius 3 is 2.53 bits per heavy atom. The molecule has 4 aliphatic heterocycles. The van der Waals surface area contributed by atoms with Crippen molar-refractivity contribution in [1.82, 2.24) is 30.1 Å². The normalized spacial score (nSPS) is 30.4. The Kier molecular flexibility index (Phi) is 10.5. The van der Waals surface area contributed by atoms with E-state index in [0.717, 1.165) is 0 Å². The molecule has 53 heavy (non-hydrogen) atoms. The van der Waals surface area contributed by atoms with Crippen LogP contribution >= 0.6 is 15.9 Å². The van der Waals surface area contributed by atoms with Crippen LogP contribution in [0.5, 0.6) is 0 Å². The van der Waals surface area contributed by atoms with Crippen LogP contribution in [0.4, 0.5) is 0 Å². The van der Waals surface area contributed by atoms with Crippen LogP contribution < -0.4 is 5.32 Å². The number of aliphatic hydroxyl groups excluding tert-OH is 1.